The molecule has 0 fully saturated rings. The van der Waals surface area contributed by atoms with Gasteiger partial charge in [0.25, 0.3) is 0 Å². The molecule has 10 nitrogen and oxygen atoms in total. The molecular weight excluding hydrogens is 466 g/mol. The molecule has 1 aromatic heterocycles. The summed E-state index contributed by atoms with van der Waals surface area (Å²) in [6.45, 7) is 0.379. The van der Waals surface area contributed by atoms with Crippen molar-refractivity contribution in [2.45, 2.75) is 17.7 Å². The smallest absolute Gasteiger partial charge is 0.325 e. The van der Waals surface area contributed by atoms with E-state index >= 15 is 0 Å². The summed E-state index contributed by atoms with van der Waals surface area (Å²) in [4.78, 5) is 28.7. The number of para-hydroxylation sites is 2. The van der Waals surface area contributed by atoms with Gasteiger partial charge in [-0.1, -0.05) is 24.3 Å². The number of hydrogen-bond acceptors (Lipinski definition) is 7. The van der Waals surface area contributed by atoms with Crippen LogP contribution in [0.3, 0.4) is 0 Å². The SMILES string of the molecule is COc1ccccc1NC(=O)Nc1nc(CC(=O)NCCc2ccc(S(N)(=O)=O)cc2)cs1. The molecular formula is C21H23N5O5S2. The molecule has 0 saturated carbocycles. The third-order valence-corrected chi connectivity index (χ3v) is 6.19. The van der Waals surface area contributed by atoms with Gasteiger partial charge in [-0.15, -0.1) is 11.3 Å². The molecule has 1 heterocycles. The van der Waals surface area contributed by atoms with Crippen LogP contribution in [-0.2, 0) is 27.7 Å². The molecule has 3 aromatic rings. The number of hydrogen-bond donors (Lipinski definition) is 4. The van der Waals surface area contributed by atoms with E-state index in [-0.39, 0.29) is 17.2 Å². The molecule has 0 atom stereocenters. The van der Waals surface area contributed by atoms with E-state index in [0.29, 0.717) is 35.2 Å². The van der Waals surface area contributed by atoms with E-state index in [4.69, 9.17) is 9.88 Å². The number of aromatic nitrogens is 1. The van der Waals surface area contributed by atoms with Gasteiger partial charge in [0.1, 0.15) is 5.75 Å². The van der Waals surface area contributed by atoms with Gasteiger partial charge >= 0.3 is 6.03 Å². The van der Waals surface area contributed by atoms with Gasteiger partial charge < -0.3 is 15.4 Å². The molecule has 174 valence electrons. The zero-order valence-corrected chi connectivity index (χ0v) is 19.3. The maximum Gasteiger partial charge on any atom is 0.325 e. The zero-order chi connectivity index (χ0) is 23.8. The molecule has 0 radical (unpaired) electrons. The molecule has 0 saturated heterocycles. The lowest BCUT2D eigenvalue weighted by Gasteiger charge is -2.09. The summed E-state index contributed by atoms with van der Waals surface area (Å²) in [5.41, 5.74) is 1.92. The Labute approximate surface area is 195 Å². The number of primary sulfonamides is 1. The van der Waals surface area contributed by atoms with E-state index < -0.39 is 16.1 Å². The number of thiazole rings is 1. The van der Waals surface area contributed by atoms with Gasteiger partial charge in [-0.25, -0.2) is 23.3 Å². The summed E-state index contributed by atoms with van der Waals surface area (Å²) >= 11 is 1.21. The number of ether oxygens (including phenoxy) is 1. The average Bonchev–Trinajstić information content (AvgIpc) is 3.20. The Morgan fingerprint density at radius 3 is 2.52 bits per heavy atom. The molecule has 0 aliphatic carbocycles. The van der Waals surface area contributed by atoms with Gasteiger partial charge in [-0.2, -0.15) is 0 Å². The lowest BCUT2D eigenvalue weighted by molar-refractivity contribution is -0.120. The van der Waals surface area contributed by atoms with Crippen molar-refractivity contribution < 1.29 is 22.7 Å². The first-order valence-corrected chi connectivity index (χ1v) is 12.2. The Morgan fingerprint density at radius 1 is 1.09 bits per heavy atom. The van der Waals surface area contributed by atoms with Crippen LogP contribution in [0.1, 0.15) is 11.3 Å². The standard InChI is InChI=1S/C21H23N5O5S2/c1-31-18-5-3-2-4-17(18)25-20(28)26-21-24-15(13-32-21)12-19(27)23-11-10-14-6-8-16(9-7-14)33(22,29)30/h2-9,13H,10-12H2,1H3,(H,23,27)(H2,22,29,30)(H2,24,25,26,28). The van der Waals surface area contributed by atoms with E-state index in [1.165, 1.54) is 30.6 Å². The van der Waals surface area contributed by atoms with Gasteiger partial charge in [-0.05, 0) is 36.2 Å². The lowest BCUT2D eigenvalue weighted by atomic mass is 10.1. The van der Waals surface area contributed by atoms with Crippen LogP contribution in [0.4, 0.5) is 15.6 Å². The number of nitrogens with zero attached hydrogens (tertiary/aromatic N) is 1. The number of nitrogens with one attached hydrogen (secondary N) is 3. The summed E-state index contributed by atoms with van der Waals surface area (Å²) in [5.74, 6) is 0.316. The van der Waals surface area contributed by atoms with Gasteiger partial charge in [0, 0.05) is 11.9 Å². The minimum absolute atomic E-state index is 0.0415. The molecule has 33 heavy (non-hydrogen) atoms. The molecule has 12 heteroatoms. The fourth-order valence-corrected chi connectivity index (χ4v) is 4.08. The van der Waals surface area contributed by atoms with Crippen molar-refractivity contribution >= 4 is 44.1 Å². The Balaban J connectivity index is 1.44. The maximum absolute atomic E-state index is 12.2. The second-order valence-electron chi connectivity index (χ2n) is 6.89. The summed E-state index contributed by atoms with van der Waals surface area (Å²) in [6.07, 6.45) is 0.598. The minimum atomic E-state index is -3.72. The van der Waals surface area contributed by atoms with Gasteiger partial charge in [0.2, 0.25) is 15.9 Å². The largest absolute Gasteiger partial charge is 0.495 e. The number of carbonyl (C=O) groups is 2. The third kappa shape index (κ3) is 7.27. The summed E-state index contributed by atoms with van der Waals surface area (Å²) in [6, 6.07) is 12.7. The number of carbonyl (C=O) groups excluding carboxylic acids is 2. The Bertz CT molecular complexity index is 1230. The van der Waals surface area contributed by atoms with E-state index in [1.54, 1.807) is 41.8 Å². The predicted octanol–water partition coefficient (Wildman–Crippen LogP) is 2.34. The maximum atomic E-state index is 12.2. The summed E-state index contributed by atoms with van der Waals surface area (Å²) in [7, 11) is -2.21. The number of methoxy groups -OCH3 is 1. The van der Waals surface area contributed by atoms with Crippen LogP contribution in [0.2, 0.25) is 0 Å². The number of nitrogens with two attached hydrogens (primary N) is 1. The first-order chi connectivity index (χ1) is 15.7. The molecule has 3 amide bonds. The highest BCUT2D eigenvalue weighted by atomic mass is 32.2. The van der Waals surface area contributed by atoms with E-state index in [0.717, 1.165) is 5.56 Å². The van der Waals surface area contributed by atoms with Crippen LogP contribution in [-0.4, -0.2) is 39.0 Å². The lowest BCUT2D eigenvalue weighted by Crippen LogP contribution is -2.27. The first kappa shape index (κ1) is 24.2. The number of urea groups is 1. The molecule has 3 rings (SSSR count). The van der Waals surface area contributed by atoms with Crippen LogP contribution >= 0.6 is 11.3 Å². The normalized spacial score (nSPS) is 11.0. The van der Waals surface area contributed by atoms with Crippen LogP contribution in [0.15, 0.2) is 58.8 Å². The number of rotatable bonds is 9. The quantitative estimate of drug-likeness (QED) is 0.362. The van der Waals surface area contributed by atoms with Gasteiger partial charge in [0.15, 0.2) is 5.13 Å². The minimum Gasteiger partial charge on any atom is -0.495 e. The molecule has 5 N–H and O–H groups in total. The average molecular weight is 490 g/mol. The Morgan fingerprint density at radius 2 is 1.82 bits per heavy atom. The molecule has 2 aromatic carbocycles. The van der Waals surface area contributed by atoms with Crippen molar-refractivity contribution in [3.8, 4) is 5.75 Å². The molecule has 0 spiro atoms. The van der Waals surface area contributed by atoms with E-state index in [2.05, 4.69) is 20.9 Å². The molecule has 0 aliphatic heterocycles. The second-order valence-corrected chi connectivity index (χ2v) is 9.31. The van der Waals surface area contributed by atoms with Crippen molar-refractivity contribution in [1.29, 1.82) is 0 Å². The number of benzene rings is 2. The van der Waals surface area contributed by atoms with Crippen molar-refractivity contribution in [2.75, 3.05) is 24.3 Å². The van der Waals surface area contributed by atoms with Crippen LogP contribution in [0.25, 0.3) is 0 Å². The predicted molar refractivity (Wildman–Crippen MR) is 126 cm³/mol. The fourth-order valence-electron chi connectivity index (χ4n) is 2.86. The van der Waals surface area contributed by atoms with E-state index in [9.17, 15) is 18.0 Å². The number of anilines is 2. The van der Waals surface area contributed by atoms with Crippen molar-refractivity contribution in [3.05, 3.63) is 65.2 Å². The Hall–Kier alpha value is -3.48. The highest BCUT2D eigenvalue weighted by Gasteiger charge is 2.12. The van der Waals surface area contributed by atoms with Gasteiger partial charge in [0.05, 0.1) is 29.8 Å². The van der Waals surface area contributed by atoms with Crippen molar-refractivity contribution in [3.63, 3.8) is 0 Å². The topological polar surface area (TPSA) is 153 Å². The third-order valence-electron chi connectivity index (χ3n) is 4.46. The zero-order valence-electron chi connectivity index (χ0n) is 17.7. The highest BCUT2D eigenvalue weighted by molar-refractivity contribution is 7.89. The van der Waals surface area contributed by atoms with Crippen LogP contribution in [0, 0.1) is 0 Å². The number of sulfonamides is 1. The van der Waals surface area contributed by atoms with Crippen molar-refractivity contribution in [1.82, 2.24) is 10.3 Å². The van der Waals surface area contributed by atoms with Crippen LogP contribution in [0.5, 0.6) is 5.75 Å². The van der Waals surface area contributed by atoms with Crippen LogP contribution < -0.4 is 25.8 Å². The first-order valence-electron chi connectivity index (χ1n) is 9.78. The summed E-state index contributed by atoms with van der Waals surface area (Å²) < 4.78 is 27.7. The molecule has 0 bridgehead atoms. The summed E-state index contributed by atoms with van der Waals surface area (Å²) in [5, 5.41) is 15.2. The van der Waals surface area contributed by atoms with Gasteiger partial charge in [-0.3, -0.25) is 10.1 Å². The fraction of sp³-hybridized carbons (Fsp3) is 0.190. The highest BCUT2D eigenvalue weighted by Crippen LogP contribution is 2.23. The number of amides is 3. The second kappa shape index (κ2) is 10.9. The Kier molecular flexibility index (Phi) is 7.98. The van der Waals surface area contributed by atoms with E-state index in [1.807, 2.05) is 0 Å². The van der Waals surface area contributed by atoms with Crippen molar-refractivity contribution in [2.24, 2.45) is 5.14 Å². The molecule has 0 unspecified atom stereocenters. The monoisotopic (exact) mass is 489 g/mol. The molecule has 0 aliphatic rings.